The van der Waals surface area contributed by atoms with Gasteiger partial charge in [0.1, 0.15) is 5.82 Å². The maximum Gasteiger partial charge on any atom is 0.254 e. The quantitative estimate of drug-likeness (QED) is 0.785. The van der Waals surface area contributed by atoms with E-state index in [-0.39, 0.29) is 22.7 Å². The number of nitrogens with zero attached hydrogens (tertiary/aromatic N) is 2. The summed E-state index contributed by atoms with van der Waals surface area (Å²) < 4.78 is 40.0. The Kier molecular flexibility index (Phi) is 5.21. The van der Waals surface area contributed by atoms with Crippen LogP contribution >= 0.6 is 0 Å². The van der Waals surface area contributed by atoms with Gasteiger partial charge in [-0.25, -0.2) is 12.8 Å². The molecule has 2 aliphatic rings. The molecule has 1 amide bonds. The largest absolute Gasteiger partial charge is 0.332 e. The molecular weight excluding hydrogens is 379 g/mol. The first-order chi connectivity index (χ1) is 13.5. The highest BCUT2D eigenvalue weighted by Gasteiger charge is 2.31. The van der Waals surface area contributed by atoms with Gasteiger partial charge >= 0.3 is 0 Å². The van der Waals surface area contributed by atoms with Crippen molar-refractivity contribution in [1.82, 2.24) is 9.21 Å². The van der Waals surface area contributed by atoms with Gasteiger partial charge in [-0.2, -0.15) is 4.31 Å². The summed E-state index contributed by atoms with van der Waals surface area (Å²) in [4.78, 5) is 15.0. The number of likely N-dealkylation sites (tertiary alicyclic amines) is 1. The first-order valence-electron chi connectivity index (χ1n) is 9.63. The lowest BCUT2D eigenvalue weighted by molar-refractivity contribution is 0.0735. The van der Waals surface area contributed by atoms with Gasteiger partial charge in [-0.1, -0.05) is 12.1 Å². The van der Waals surface area contributed by atoms with Crippen LogP contribution in [0, 0.1) is 5.82 Å². The van der Waals surface area contributed by atoms with Crippen LogP contribution in [0.1, 0.15) is 47.6 Å². The minimum atomic E-state index is -3.49. The summed E-state index contributed by atoms with van der Waals surface area (Å²) in [6.07, 6.45) is 3.49. The summed E-state index contributed by atoms with van der Waals surface area (Å²) in [5.74, 6) is -0.425. The predicted molar refractivity (Wildman–Crippen MR) is 104 cm³/mol. The van der Waals surface area contributed by atoms with Crippen molar-refractivity contribution >= 4 is 15.9 Å². The van der Waals surface area contributed by atoms with Crippen molar-refractivity contribution in [2.24, 2.45) is 0 Å². The van der Waals surface area contributed by atoms with Crippen LogP contribution in [0.15, 0.2) is 53.4 Å². The number of sulfonamides is 1. The molecule has 0 radical (unpaired) electrons. The Morgan fingerprint density at radius 1 is 0.893 bits per heavy atom. The molecule has 2 aromatic carbocycles. The maximum atomic E-state index is 13.2. The summed E-state index contributed by atoms with van der Waals surface area (Å²) in [5.41, 5.74) is 1.38. The van der Waals surface area contributed by atoms with E-state index < -0.39 is 10.0 Å². The summed E-state index contributed by atoms with van der Waals surface area (Å²) >= 11 is 0. The molecule has 0 bridgehead atoms. The molecule has 4 rings (SSSR count). The van der Waals surface area contributed by atoms with E-state index in [2.05, 4.69) is 0 Å². The summed E-state index contributed by atoms with van der Waals surface area (Å²) in [6.45, 7) is 1.74. The zero-order chi connectivity index (χ0) is 19.7. The molecule has 1 atom stereocenters. The van der Waals surface area contributed by atoms with Crippen LogP contribution in [0.25, 0.3) is 0 Å². The van der Waals surface area contributed by atoms with Crippen LogP contribution in [0.4, 0.5) is 4.39 Å². The van der Waals surface area contributed by atoms with Gasteiger partial charge in [0.05, 0.1) is 10.9 Å². The third-order valence-electron chi connectivity index (χ3n) is 5.57. The molecule has 0 saturated carbocycles. The van der Waals surface area contributed by atoms with Crippen molar-refractivity contribution in [3.05, 3.63) is 65.5 Å². The molecule has 28 heavy (non-hydrogen) atoms. The van der Waals surface area contributed by atoms with E-state index in [0.29, 0.717) is 25.2 Å². The highest BCUT2D eigenvalue weighted by molar-refractivity contribution is 7.89. The number of benzene rings is 2. The van der Waals surface area contributed by atoms with Crippen molar-refractivity contribution in [2.45, 2.75) is 36.6 Å². The van der Waals surface area contributed by atoms with Gasteiger partial charge in [0, 0.05) is 25.2 Å². The SMILES string of the molecule is O=C(c1ccc(S(=O)(=O)N2CCCC2)cc1)N1CCC[C@@H]1c1ccc(F)cc1. The van der Waals surface area contributed by atoms with E-state index in [0.717, 1.165) is 31.2 Å². The standard InChI is InChI=1S/C21H23FN2O3S/c22-18-9-5-16(6-10-18)20-4-3-15-24(20)21(25)17-7-11-19(12-8-17)28(26,27)23-13-1-2-14-23/h5-12,20H,1-4,13-15H2/t20-/m1/s1. The predicted octanol–water partition coefficient (Wildman–Crippen LogP) is 3.59. The number of carbonyl (C=O) groups excluding carboxylic acids is 1. The van der Waals surface area contributed by atoms with Crippen molar-refractivity contribution in [3.8, 4) is 0 Å². The number of halogens is 1. The molecule has 2 heterocycles. The molecule has 7 heteroatoms. The Labute approximate surface area is 164 Å². The van der Waals surface area contributed by atoms with Gasteiger partial charge in [0.2, 0.25) is 10.0 Å². The second-order valence-corrected chi connectivity index (χ2v) is 9.28. The third kappa shape index (κ3) is 3.56. The summed E-state index contributed by atoms with van der Waals surface area (Å²) in [5, 5.41) is 0. The van der Waals surface area contributed by atoms with E-state index >= 15 is 0 Å². The zero-order valence-corrected chi connectivity index (χ0v) is 16.4. The number of hydrogen-bond donors (Lipinski definition) is 0. The van der Waals surface area contributed by atoms with Gasteiger partial charge in [0.25, 0.3) is 5.91 Å². The Balaban J connectivity index is 1.54. The fraction of sp³-hybridized carbons (Fsp3) is 0.381. The molecule has 2 fully saturated rings. The first-order valence-corrected chi connectivity index (χ1v) is 11.1. The van der Waals surface area contributed by atoms with Crippen molar-refractivity contribution in [1.29, 1.82) is 0 Å². The Morgan fingerprint density at radius 2 is 1.54 bits per heavy atom. The van der Waals surface area contributed by atoms with E-state index in [1.807, 2.05) is 0 Å². The lowest BCUT2D eigenvalue weighted by Crippen LogP contribution is -2.31. The van der Waals surface area contributed by atoms with Crippen LogP contribution in [0.3, 0.4) is 0 Å². The van der Waals surface area contributed by atoms with Crippen molar-refractivity contribution in [2.75, 3.05) is 19.6 Å². The molecule has 2 aromatic rings. The average molecular weight is 402 g/mol. The minimum Gasteiger partial charge on any atom is -0.332 e. The van der Waals surface area contributed by atoms with E-state index in [1.165, 1.54) is 28.6 Å². The highest BCUT2D eigenvalue weighted by Crippen LogP contribution is 2.33. The molecule has 0 aromatic heterocycles. The lowest BCUT2D eigenvalue weighted by atomic mass is 10.0. The molecular formula is C21H23FN2O3S. The second kappa shape index (κ2) is 7.64. The number of amides is 1. The van der Waals surface area contributed by atoms with E-state index in [1.54, 1.807) is 29.2 Å². The molecule has 0 unspecified atom stereocenters. The molecule has 0 aliphatic carbocycles. The second-order valence-electron chi connectivity index (χ2n) is 7.34. The minimum absolute atomic E-state index is 0.0823. The number of rotatable bonds is 4. The van der Waals surface area contributed by atoms with Crippen LogP contribution in [-0.2, 0) is 10.0 Å². The smallest absolute Gasteiger partial charge is 0.254 e. The fourth-order valence-corrected chi connectivity index (χ4v) is 5.57. The van der Waals surface area contributed by atoms with Gasteiger partial charge in [-0.3, -0.25) is 4.79 Å². The molecule has 2 aliphatic heterocycles. The summed E-state index contributed by atoms with van der Waals surface area (Å²) in [7, 11) is -3.49. The van der Waals surface area contributed by atoms with Crippen LogP contribution < -0.4 is 0 Å². The summed E-state index contributed by atoms with van der Waals surface area (Å²) in [6, 6.07) is 12.4. The topological polar surface area (TPSA) is 57.7 Å². The van der Waals surface area contributed by atoms with Crippen LogP contribution in [0.5, 0.6) is 0 Å². The number of hydrogen-bond acceptors (Lipinski definition) is 3. The normalized spacial score (nSPS) is 20.6. The lowest BCUT2D eigenvalue weighted by Gasteiger charge is -2.25. The van der Waals surface area contributed by atoms with Crippen LogP contribution in [-0.4, -0.2) is 43.2 Å². The van der Waals surface area contributed by atoms with E-state index in [9.17, 15) is 17.6 Å². The van der Waals surface area contributed by atoms with Gasteiger partial charge < -0.3 is 4.90 Å². The molecule has 2 saturated heterocycles. The Hall–Kier alpha value is -2.25. The maximum absolute atomic E-state index is 13.2. The van der Waals surface area contributed by atoms with Crippen molar-refractivity contribution < 1.29 is 17.6 Å². The monoisotopic (exact) mass is 402 g/mol. The van der Waals surface area contributed by atoms with Gasteiger partial charge in [-0.15, -0.1) is 0 Å². The van der Waals surface area contributed by atoms with E-state index in [4.69, 9.17) is 0 Å². The Bertz CT molecular complexity index is 952. The molecule has 148 valence electrons. The van der Waals surface area contributed by atoms with Crippen molar-refractivity contribution in [3.63, 3.8) is 0 Å². The first kappa shape index (κ1) is 19.1. The third-order valence-corrected chi connectivity index (χ3v) is 7.49. The zero-order valence-electron chi connectivity index (χ0n) is 15.6. The molecule has 0 N–H and O–H groups in total. The number of carbonyl (C=O) groups is 1. The van der Waals surface area contributed by atoms with Gasteiger partial charge in [-0.05, 0) is 67.6 Å². The van der Waals surface area contributed by atoms with Crippen LogP contribution in [0.2, 0.25) is 0 Å². The fourth-order valence-electron chi connectivity index (χ4n) is 4.05. The molecule has 5 nitrogen and oxygen atoms in total. The molecule has 0 spiro atoms. The average Bonchev–Trinajstić information content (AvgIpc) is 3.40. The Morgan fingerprint density at radius 3 is 2.18 bits per heavy atom. The van der Waals surface area contributed by atoms with Gasteiger partial charge in [0.15, 0.2) is 0 Å². The highest BCUT2D eigenvalue weighted by atomic mass is 32.2.